The summed E-state index contributed by atoms with van der Waals surface area (Å²) in [6.45, 7) is 4.70. The third-order valence-electron chi connectivity index (χ3n) is 12.4. The van der Waals surface area contributed by atoms with Gasteiger partial charge in [-0.1, -0.05) is 184 Å². The van der Waals surface area contributed by atoms with E-state index in [1.807, 2.05) is 0 Å². The summed E-state index contributed by atoms with van der Waals surface area (Å²) in [5.74, 6) is 0. The van der Waals surface area contributed by atoms with Crippen LogP contribution >= 0.6 is 0 Å². The molecule has 9 aromatic carbocycles. The number of anilines is 3. The van der Waals surface area contributed by atoms with Gasteiger partial charge in [0.05, 0.1) is 5.69 Å². The van der Waals surface area contributed by atoms with Gasteiger partial charge in [0.1, 0.15) is 0 Å². The first-order valence-electron chi connectivity index (χ1n) is 20.0. The predicted octanol–water partition coefficient (Wildman–Crippen LogP) is 15.6. The summed E-state index contributed by atoms with van der Waals surface area (Å²) in [7, 11) is 0. The topological polar surface area (TPSA) is 3.24 Å². The lowest BCUT2D eigenvalue weighted by molar-refractivity contribution is 0.490. The van der Waals surface area contributed by atoms with Gasteiger partial charge in [-0.2, -0.15) is 0 Å². The molecule has 1 aliphatic rings. The molecular weight excluding hydrogens is 675 g/mol. The zero-order valence-corrected chi connectivity index (χ0v) is 31.9. The van der Waals surface area contributed by atoms with Gasteiger partial charge in [0.15, 0.2) is 0 Å². The van der Waals surface area contributed by atoms with Crippen molar-refractivity contribution in [2.24, 2.45) is 0 Å². The number of hydrogen-bond acceptors (Lipinski definition) is 1. The minimum atomic E-state index is 0.00541. The van der Waals surface area contributed by atoms with E-state index in [0.717, 1.165) is 29.9 Å². The first-order chi connectivity index (χ1) is 27.7. The predicted molar refractivity (Wildman–Crippen MR) is 239 cm³/mol. The average Bonchev–Trinajstić information content (AvgIpc) is 3.57. The number of rotatable bonds is 8. The zero-order chi connectivity index (χ0) is 37.6. The Kier molecular flexibility index (Phi) is 8.37. The minimum Gasteiger partial charge on any atom is -0.310 e. The van der Waals surface area contributed by atoms with Crippen molar-refractivity contribution in [2.45, 2.75) is 32.1 Å². The molecule has 1 aliphatic carbocycles. The lowest BCUT2D eigenvalue weighted by atomic mass is 9.73. The van der Waals surface area contributed by atoms with Crippen LogP contribution in [0.25, 0.3) is 66.1 Å². The van der Waals surface area contributed by atoms with Gasteiger partial charge in [0.25, 0.3) is 0 Å². The SMILES string of the molecule is CCC1(CC)c2ccccc2-c2c(-c3ccccc3N(c3ccc(-c4cccc5ccccc45)cc3)c3ccc(-c4cccc5ccccc45)cc3)cccc21. The summed E-state index contributed by atoms with van der Waals surface area (Å²) in [5, 5.41) is 5.04. The molecule has 0 amide bonds. The van der Waals surface area contributed by atoms with Crippen LogP contribution in [0.15, 0.2) is 200 Å². The summed E-state index contributed by atoms with van der Waals surface area (Å²) >= 11 is 0. The molecule has 10 rings (SSSR count). The molecule has 0 spiro atoms. The van der Waals surface area contributed by atoms with Gasteiger partial charge in [-0.05, 0) is 115 Å². The second-order valence-corrected chi connectivity index (χ2v) is 15.1. The van der Waals surface area contributed by atoms with Crippen LogP contribution in [0.3, 0.4) is 0 Å². The van der Waals surface area contributed by atoms with Crippen molar-refractivity contribution in [1.82, 2.24) is 0 Å². The lowest BCUT2D eigenvalue weighted by Crippen LogP contribution is -2.22. The molecular formula is C55H43N. The van der Waals surface area contributed by atoms with Crippen LogP contribution in [0, 0.1) is 0 Å². The van der Waals surface area contributed by atoms with E-state index in [0.29, 0.717) is 0 Å². The van der Waals surface area contributed by atoms with Crippen LogP contribution in [-0.2, 0) is 5.41 Å². The molecule has 0 saturated carbocycles. The van der Waals surface area contributed by atoms with Crippen LogP contribution < -0.4 is 4.90 Å². The second kappa shape index (κ2) is 13.9. The number of hydrogen-bond donors (Lipinski definition) is 0. The van der Waals surface area contributed by atoms with Crippen molar-refractivity contribution in [3.05, 3.63) is 211 Å². The molecule has 0 N–H and O–H groups in total. The van der Waals surface area contributed by atoms with Crippen molar-refractivity contribution in [1.29, 1.82) is 0 Å². The largest absolute Gasteiger partial charge is 0.310 e. The molecule has 0 bridgehead atoms. The monoisotopic (exact) mass is 717 g/mol. The molecule has 268 valence electrons. The van der Waals surface area contributed by atoms with E-state index in [1.165, 1.54) is 77.2 Å². The van der Waals surface area contributed by atoms with Gasteiger partial charge < -0.3 is 4.90 Å². The maximum absolute atomic E-state index is 2.45. The Hall–Kier alpha value is -6.70. The Balaban J connectivity index is 1.15. The molecule has 1 nitrogen and oxygen atoms in total. The summed E-state index contributed by atoms with van der Waals surface area (Å²) in [5.41, 5.74) is 16.4. The summed E-state index contributed by atoms with van der Waals surface area (Å²) in [6, 6.07) is 73.8. The Morgan fingerprint density at radius 2 is 0.786 bits per heavy atom. The van der Waals surface area contributed by atoms with E-state index in [9.17, 15) is 0 Å². The molecule has 0 aliphatic heterocycles. The van der Waals surface area contributed by atoms with Gasteiger partial charge >= 0.3 is 0 Å². The Labute approximate surface area is 330 Å². The molecule has 0 unspecified atom stereocenters. The third-order valence-corrected chi connectivity index (χ3v) is 12.4. The summed E-state index contributed by atoms with van der Waals surface area (Å²) in [6.07, 6.45) is 2.13. The van der Waals surface area contributed by atoms with Crippen LogP contribution in [0.4, 0.5) is 17.1 Å². The number of benzene rings is 9. The molecule has 0 fully saturated rings. The first kappa shape index (κ1) is 33.8. The molecule has 0 aromatic heterocycles. The van der Waals surface area contributed by atoms with Gasteiger partial charge in [0, 0.05) is 22.4 Å². The standard InChI is InChI=1S/C55H43N/c1-3-55(4-2)51-27-11-9-23-50(51)54-49(26-15-28-52(54)55)48-22-10-12-29-53(48)56(42-34-30-40(31-35-42)46-24-13-18-38-16-5-7-20-44(38)46)43-36-32-41(33-37-43)47-25-14-19-39-17-6-8-21-45(39)47/h5-37H,3-4H2,1-2H3. The molecule has 0 saturated heterocycles. The van der Waals surface area contributed by atoms with Gasteiger partial charge in [0.2, 0.25) is 0 Å². The highest BCUT2D eigenvalue weighted by molar-refractivity contribution is 6.00. The Morgan fingerprint density at radius 3 is 1.38 bits per heavy atom. The van der Waals surface area contributed by atoms with E-state index in [-0.39, 0.29) is 5.41 Å². The molecule has 0 atom stereocenters. The molecule has 0 radical (unpaired) electrons. The van der Waals surface area contributed by atoms with Crippen LogP contribution in [0.2, 0.25) is 0 Å². The smallest absolute Gasteiger partial charge is 0.0540 e. The van der Waals surface area contributed by atoms with Gasteiger partial charge in [-0.15, -0.1) is 0 Å². The highest BCUT2D eigenvalue weighted by Gasteiger charge is 2.41. The maximum atomic E-state index is 2.45. The number of nitrogens with zero attached hydrogens (tertiary/aromatic N) is 1. The van der Waals surface area contributed by atoms with E-state index in [2.05, 4.69) is 219 Å². The molecule has 0 heterocycles. The quantitative estimate of drug-likeness (QED) is 0.151. The van der Waals surface area contributed by atoms with E-state index in [1.54, 1.807) is 0 Å². The number of para-hydroxylation sites is 1. The summed E-state index contributed by atoms with van der Waals surface area (Å²) < 4.78 is 0. The normalized spacial score (nSPS) is 12.8. The van der Waals surface area contributed by atoms with Gasteiger partial charge in [-0.3, -0.25) is 0 Å². The fourth-order valence-corrected chi connectivity index (χ4v) is 9.60. The van der Waals surface area contributed by atoms with E-state index >= 15 is 0 Å². The molecule has 1 heteroatoms. The van der Waals surface area contributed by atoms with Crippen molar-refractivity contribution in [2.75, 3.05) is 4.90 Å². The number of fused-ring (bicyclic) bond motifs is 5. The fraction of sp³-hybridized carbons (Fsp3) is 0.0909. The minimum absolute atomic E-state index is 0.00541. The van der Waals surface area contributed by atoms with Crippen molar-refractivity contribution >= 4 is 38.6 Å². The Bertz CT molecular complexity index is 2740. The van der Waals surface area contributed by atoms with Gasteiger partial charge in [-0.25, -0.2) is 0 Å². The van der Waals surface area contributed by atoms with E-state index in [4.69, 9.17) is 0 Å². The first-order valence-corrected chi connectivity index (χ1v) is 20.0. The van der Waals surface area contributed by atoms with Crippen LogP contribution in [0.1, 0.15) is 37.8 Å². The van der Waals surface area contributed by atoms with Crippen LogP contribution in [-0.4, -0.2) is 0 Å². The molecule has 9 aromatic rings. The van der Waals surface area contributed by atoms with E-state index < -0.39 is 0 Å². The summed E-state index contributed by atoms with van der Waals surface area (Å²) in [4.78, 5) is 2.45. The van der Waals surface area contributed by atoms with Crippen LogP contribution in [0.5, 0.6) is 0 Å². The highest BCUT2D eigenvalue weighted by Crippen LogP contribution is 2.56. The molecule has 56 heavy (non-hydrogen) atoms. The third kappa shape index (κ3) is 5.38. The fourth-order valence-electron chi connectivity index (χ4n) is 9.60. The Morgan fingerprint density at radius 1 is 0.357 bits per heavy atom. The lowest BCUT2D eigenvalue weighted by Gasteiger charge is -2.30. The van der Waals surface area contributed by atoms with Crippen molar-refractivity contribution < 1.29 is 0 Å². The second-order valence-electron chi connectivity index (χ2n) is 15.1. The van der Waals surface area contributed by atoms with Crippen molar-refractivity contribution in [3.63, 3.8) is 0 Å². The average molecular weight is 718 g/mol. The highest BCUT2D eigenvalue weighted by atomic mass is 15.1. The maximum Gasteiger partial charge on any atom is 0.0540 e. The van der Waals surface area contributed by atoms with Crippen molar-refractivity contribution in [3.8, 4) is 44.5 Å². The zero-order valence-electron chi connectivity index (χ0n) is 31.9.